The number of halogens is 3. The molecule has 0 aromatic carbocycles. The van der Waals surface area contributed by atoms with Crippen LogP contribution < -0.4 is 0 Å². The van der Waals surface area contributed by atoms with Gasteiger partial charge in [0, 0.05) is 4.38 Å². The molecule has 176 valence electrons. The first kappa shape index (κ1) is 31.0. The summed E-state index contributed by atoms with van der Waals surface area (Å²) in [5.41, 5.74) is 0. The number of hydrogen-bond donors (Lipinski definition) is 0. The molecular weight excluding hydrogens is 415 g/mol. The highest BCUT2D eigenvalue weighted by Gasteiger charge is 2.27. The zero-order valence-corrected chi connectivity index (χ0v) is 20.8. The lowest BCUT2D eigenvalue weighted by Gasteiger charge is -2.23. The summed E-state index contributed by atoms with van der Waals surface area (Å²) < 4.78 is 38.0. The molecule has 0 saturated carbocycles. The van der Waals surface area contributed by atoms with Crippen LogP contribution in [0.25, 0.3) is 0 Å². The molecule has 7 heteroatoms. The highest BCUT2D eigenvalue weighted by Crippen LogP contribution is 2.14. The summed E-state index contributed by atoms with van der Waals surface area (Å²) in [6, 6.07) is 0. The molecule has 0 spiro atoms. The number of unbranched alkanes of at least 4 members (excludes halogenated alkanes) is 13. The lowest BCUT2D eigenvalue weighted by atomic mass is 10.0. The fourth-order valence-corrected chi connectivity index (χ4v) is 3.04. The minimum atomic E-state index is -4.34. The Bertz CT molecular complexity index is 372. The van der Waals surface area contributed by atoms with Crippen LogP contribution in [0.2, 0.25) is 0 Å². The van der Waals surface area contributed by atoms with E-state index in [-0.39, 0.29) is 0 Å². The predicted octanol–water partition coefficient (Wildman–Crippen LogP) is 7.57. The summed E-state index contributed by atoms with van der Waals surface area (Å²) in [5.74, 6) is 0. The molecule has 0 aliphatic carbocycles. The van der Waals surface area contributed by atoms with Crippen LogP contribution in [0.1, 0.15) is 96.8 Å². The van der Waals surface area contributed by atoms with Crippen molar-refractivity contribution in [3.8, 4) is 0 Å². The van der Waals surface area contributed by atoms with Gasteiger partial charge in [-0.05, 0) is 12.8 Å². The first-order chi connectivity index (χ1) is 13.5. The van der Waals surface area contributed by atoms with Crippen molar-refractivity contribution in [1.29, 1.82) is 0 Å². The van der Waals surface area contributed by atoms with Crippen LogP contribution in [0.3, 0.4) is 0 Å². The summed E-state index contributed by atoms with van der Waals surface area (Å²) >= 11 is 8.11. The largest absolute Gasteiger partial charge is 0.504 e. The molecule has 0 aromatic rings. The summed E-state index contributed by atoms with van der Waals surface area (Å²) in [4.78, 5) is 0. The van der Waals surface area contributed by atoms with Crippen LogP contribution in [0.15, 0.2) is 0 Å². The summed E-state index contributed by atoms with van der Waals surface area (Å²) in [6.45, 7) is 2.23. The van der Waals surface area contributed by atoms with Crippen LogP contribution in [0, 0.1) is 0 Å². The molecule has 0 atom stereocenters. The van der Waals surface area contributed by atoms with Crippen molar-refractivity contribution < 1.29 is 22.4 Å². The van der Waals surface area contributed by atoms with Crippen LogP contribution in [0.4, 0.5) is 13.2 Å². The third-order valence-electron chi connectivity index (χ3n) is 4.54. The molecule has 0 heterocycles. The number of nitrogens with zero attached hydrogens (tertiary/aromatic N) is 1. The Kier molecular flexibility index (Phi) is 21.2. The molecule has 0 aliphatic rings. The Hall–Kier alpha value is -0.140. The standard InChI is InChI=1S/C19H42N.C3H3F3OS2/c1-5-6-7-8-9-10-11-12-13-14-15-16-17-18-19-20(2,3)4;4-3(5,6)1-7-2(8)9/h5-19H2,1-4H3;1H2,(H,8,9)/q+1;/p-1. The lowest BCUT2D eigenvalue weighted by Crippen LogP contribution is -2.35. The van der Waals surface area contributed by atoms with Crippen molar-refractivity contribution in [3.63, 3.8) is 0 Å². The van der Waals surface area contributed by atoms with Crippen molar-refractivity contribution in [2.75, 3.05) is 34.3 Å². The van der Waals surface area contributed by atoms with Crippen molar-refractivity contribution in [1.82, 2.24) is 0 Å². The topological polar surface area (TPSA) is 9.23 Å². The van der Waals surface area contributed by atoms with Crippen molar-refractivity contribution in [2.45, 2.75) is 103 Å². The molecule has 0 radical (unpaired) electrons. The van der Waals surface area contributed by atoms with Crippen LogP contribution in [-0.4, -0.2) is 49.3 Å². The van der Waals surface area contributed by atoms with E-state index < -0.39 is 17.2 Å². The fourth-order valence-electron chi connectivity index (χ4n) is 2.92. The second-order valence-corrected chi connectivity index (χ2v) is 9.76. The molecule has 0 amide bonds. The van der Waals surface area contributed by atoms with Gasteiger partial charge in [-0.2, -0.15) is 13.2 Å². The fraction of sp³-hybridized carbons (Fsp3) is 0.955. The zero-order valence-electron chi connectivity index (χ0n) is 19.1. The van der Waals surface area contributed by atoms with Gasteiger partial charge in [0.15, 0.2) is 6.61 Å². The molecule has 0 unspecified atom stereocenters. The Morgan fingerprint density at radius 2 is 1.10 bits per heavy atom. The number of ether oxygens (including phenoxy) is 1. The molecule has 0 N–H and O–H groups in total. The number of rotatable bonds is 16. The van der Waals surface area contributed by atoms with Gasteiger partial charge in [-0.25, -0.2) is 0 Å². The molecule has 0 fully saturated rings. The first-order valence-corrected chi connectivity index (χ1v) is 12.0. The average molecular weight is 460 g/mol. The summed E-state index contributed by atoms with van der Waals surface area (Å²) in [6.07, 6.45) is 16.0. The molecule has 0 saturated heterocycles. The molecule has 0 rings (SSSR count). The van der Waals surface area contributed by atoms with Gasteiger partial charge >= 0.3 is 6.18 Å². The van der Waals surface area contributed by atoms with Gasteiger partial charge in [0.1, 0.15) is 0 Å². The van der Waals surface area contributed by atoms with E-state index in [2.05, 4.69) is 57.7 Å². The van der Waals surface area contributed by atoms with E-state index in [0.717, 1.165) is 4.48 Å². The third kappa shape index (κ3) is 35.7. The lowest BCUT2D eigenvalue weighted by molar-refractivity contribution is -0.870. The van der Waals surface area contributed by atoms with Gasteiger partial charge in [-0.15, -0.1) is 0 Å². The number of quaternary nitrogens is 1. The van der Waals surface area contributed by atoms with E-state index in [4.69, 9.17) is 0 Å². The Morgan fingerprint density at radius 1 is 0.759 bits per heavy atom. The molecule has 0 aromatic heterocycles. The van der Waals surface area contributed by atoms with E-state index in [1.54, 1.807) is 0 Å². The average Bonchev–Trinajstić information content (AvgIpc) is 2.59. The van der Waals surface area contributed by atoms with Gasteiger partial charge in [0.05, 0.1) is 27.7 Å². The normalized spacial score (nSPS) is 11.7. The van der Waals surface area contributed by atoms with Gasteiger partial charge in [-0.3, -0.25) is 0 Å². The highest BCUT2D eigenvalue weighted by molar-refractivity contribution is 7.99. The molecular formula is C22H44F3NOS2. The van der Waals surface area contributed by atoms with Gasteiger partial charge in [0.25, 0.3) is 0 Å². The van der Waals surface area contributed by atoms with Crippen LogP contribution >= 0.6 is 12.2 Å². The molecule has 29 heavy (non-hydrogen) atoms. The van der Waals surface area contributed by atoms with Crippen LogP contribution in [-0.2, 0) is 17.4 Å². The van der Waals surface area contributed by atoms with Crippen LogP contribution in [0.5, 0.6) is 0 Å². The maximum atomic E-state index is 11.2. The SMILES string of the molecule is CCCCCCCCCCCCCCCC[N+](C)(C)C.FC(F)(F)COC(=S)[S-]. The minimum Gasteiger partial charge on any atom is -0.504 e. The zero-order chi connectivity index (χ0) is 22.6. The summed E-state index contributed by atoms with van der Waals surface area (Å²) in [5, 5.41) is 0. The monoisotopic (exact) mass is 459 g/mol. The van der Waals surface area contributed by atoms with E-state index >= 15 is 0 Å². The number of hydrogen-bond acceptors (Lipinski definition) is 3. The first-order valence-electron chi connectivity index (χ1n) is 11.2. The predicted molar refractivity (Wildman–Crippen MR) is 125 cm³/mol. The van der Waals surface area contributed by atoms with E-state index in [1.165, 1.54) is 96.4 Å². The van der Waals surface area contributed by atoms with E-state index in [9.17, 15) is 13.2 Å². The van der Waals surface area contributed by atoms with Crippen molar-refractivity contribution in [3.05, 3.63) is 0 Å². The number of alkyl halides is 3. The molecule has 0 aliphatic heterocycles. The van der Waals surface area contributed by atoms with Gasteiger partial charge in [0.2, 0.25) is 0 Å². The third-order valence-corrected chi connectivity index (χ3v) is 4.77. The molecule has 0 bridgehead atoms. The Labute approximate surface area is 189 Å². The van der Waals surface area contributed by atoms with Gasteiger partial charge < -0.3 is 34.1 Å². The van der Waals surface area contributed by atoms with E-state index in [1.807, 2.05) is 0 Å². The maximum Gasteiger partial charge on any atom is 0.422 e. The maximum absolute atomic E-state index is 11.2. The Balaban J connectivity index is 0. The minimum absolute atomic E-state index is 0.507. The van der Waals surface area contributed by atoms with Crippen molar-refractivity contribution in [2.24, 2.45) is 0 Å². The van der Waals surface area contributed by atoms with E-state index in [0.29, 0.717) is 0 Å². The summed E-state index contributed by atoms with van der Waals surface area (Å²) in [7, 11) is 6.88. The quantitative estimate of drug-likeness (QED) is 0.102. The molecule has 2 nitrogen and oxygen atoms in total. The Morgan fingerprint density at radius 3 is 1.34 bits per heavy atom. The smallest absolute Gasteiger partial charge is 0.422 e. The highest BCUT2D eigenvalue weighted by atomic mass is 32.1. The van der Waals surface area contributed by atoms with Crippen molar-refractivity contribution >= 4 is 29.2 Å². The number of thiocarbonyl (C=S) groups is 1. The van der Waals surface area contributed by atoms with Gasteiger partial charge in [-0.1, -0.05) is 84.0 Å². The second kappa shape index (κ2) is 19.8. The second-order valence-electron chi connectivity index (χ2n) is 8.76.